The average Bonchev–Trinajstić information content (AvgIpc) is 3.40. The quantitative estimate of drug-likeness (QED) is 0.300. The molecule has 8 heteroatoms. The molecular weight excluding hydrogens is 430 g/mol. The first-order valence-electron chi connectivity index (χ1n) is 11.6. The summed E-state index contributed by atoms with van der Waals surface area (Å²) in [6.07, 6.45) is 13.8. The van der Waals surface area contributed by atoms with Gasteiger partial charge >= 0.3 is 0 Å². The van der Waals surface area contributed by atoms with E-state index in [9.17, 15) is 4.79 Å². The van der Waals surface area contributed by atoms with Crippen molar-refractivity contribution in [3.05, 3.63) is 54.4 Å². The molecule has 8 nitrogen and oxygen atoms in total. The fraction of sp³-hybridized carbons (Fsp3) is 0.423. The summed E-state index contributed by atoms with van der Waals surface area (Å²) >= 11 is 0. The van der Waals surface area contributed by atoms with Gasteiger partial charge in [0.1, 0.15) is 23.3 Å². The molecule has 1 heterocycles. The Morgan fingerprint density at radius 3 is 2.38 bits per heavy atom. The van der Waals surface area contributed by atoms with Gasteiger partial charge < -0.3 is 30.8 Å². The number of anilines is 1. The summed E-state index contributed by atoms with van der Waals surface area (Å²) in [7, 11) is 4.90. The summed E-state index contributed by atoms with van der Waals surface area (Å²) in [5.74, 6) is 0.899. The van der Waals surface area contributed by atoms with Crippen molar-refractivity contribution in [3.8, 4) is 11.5 Å². The topological polar surface area (TPSA) is 119 Å². The fourth-order valence-electron chi connectivity index (χ4n) is 4.41. The van der Waals surface area contributed by atoms with Crippen LogP contribution in [0.4, 0.5) is 5.69 Å². The van der Waals surface area contributed by atoms with Crippen LogP contribution in [0.15, 0.2) is 54.4 Å². The minimum absolute atomic E-state index is 0.0506. The van der Waals surface area contributed by atoms with E-state index in [1.807, 2.05) is 24.4 Å². The van der Waals surface area contributed by atoms with Crippen molar-refractivity contribution in [2.75, 3.05) is 26.6 Å². The van der Waals surface area contributed by atoms with Gasteiger partial charge in [-0.1, -0.05) is 25.0 Å². The fourth-order valence-corrected chi connectivity index (χ4v) is 4.41. The maximum Gasteiger partial charge on any atom is 0.208 e. The molecule has 1 aliphatic heterocycles. The summed E-state index contributed by atoms with van der Waals surface area (Å²) in [4.78, 5) is 13.7. The molecule has 0 amide bonds. The van der Waals surface area contributed by atoms with E-state index in [1.54, 1.807) is 45.7 Å². The number of nitrogens with one attached hydrogen (secondary N) is 5. The van der Waals surface area contributed by atoms with Crippen molar-refractivity contribution in [3.63, 3.8) is 0 Å². The molecule has 0 spiro atoms. The Bertz CT molecular complexity index is 970. The number of allylic oxidation sites excluding steroid dienone is 3. The van der Waals surface area contributed by atoms with E-state index in [4.69, 9.17) is 20.3 Å². The standard InChI is InChI=1S/C26H35N5O3/c1-29-16-22(17-8-4-5-9-17)24(28)26(32)25(23(27)14-18-10-6-7-11-30-18)31-19-12-20(33-2)15-21(13-19)34-3/h6-7,10-13,15-18,25,27-31H,4-5,8-9,14H2,1-3H3/b22-16-,27-23?,28-24?. The Morgan fingerprint density at radius 2 is 1.82 bits per heavy atom. The van der Waals surface area contributed by atoms with E-state index in [2.05, 4.69) is 16.0 Å². The van der Waals surface area contributed by atoms with Crippen LogP contribution in [0.3, 0.4) is 0 Å². The maximum absolute atomic E-state index is 13.7. The van der Waals surface area contributed by atoms with Gasteiger partial charge in [-0.15, -0.1) is 0 Å². The van der Waals surface area contributed by atoms with Crippen molar-refractivity contribution in [2.45, 2.75) is 44.2 Å². The second-order valence-corrected chi connectivity index (χ2v) is 8.53. The highest BCUT2D eigenvalue weighted by molar-refractivity contribution is 6.50. The van der Waals surface area contributed by atoms with Crippen LogP contribution in [0.1, 0.15) is 32.1 Å². The zero-order valence-corrected chi connectivity index (χ0v) is 20.1. The predicted octanol–water partition coefficient (Wildman–Crippen LogP) is 3.82. The van der Waals surface area contributed by atoms with Crippen LogP contribution in [0.5, 0.6) is 11.5 Å². The number of ether oxygens (including phenoxy) is 2. The lowest BCUT2D eigenvalue weighted by molar-refractivity contribution is -0.112. The monoisotopic (exact) mass is 465 g/mol. The van der Waals surface area contributed by atoms with Crippen molar-refractivity contribution in [2.24, 2.45) is 5.92 Å². The predicted molar refractivity (Wildman–Crippen MR) is 136 cm³/mol. The van der Waals surface area contributed by atoms with E-state index in [1.165, 1.54) is 0 Å². The van der Waals surface area contributed by atoms with Crippen LogP contribution in [-0.4, -0.2) is 50.6 Å². The van der Waals surface area contributed by atoms with Gasteiger partial charge in [0.05, 0.1) is 14.2 Å². The molecule has 1 saturated carbocycles. The molecule has 182 valence electrons. The van der Waals surface area contributed by atoms with Crippen LogP contribution >= 0.6 is 0 Å². The van der Waals surface area contributed by atoms with Crippen LogP contribution in [0.25, 0.3) is 0 Å². The van der Waals surface area contributed by atoms with Crippen LogP contribution < -0.4 is 25.4 Å². The minimum atomic E-state index is -0.993. The molecule has 2 aliphatic rings. The van der Waals surface area contributed by atoms with Crippen molar-refractivity contribution >= 4 is 22.9 Å². The Balaban J connectivity index is 1.90. The number of methoxy groups -OCH3 is 2. The van der Waals surface area contributed by atoms with Crippen LogP contribution in [-0.2, 0) is 4.79 Å². The number of ketones is 1. The third-order valence-corrected chi connectivity index (χ3v) is 6.20. The zero-order chi connectivity index (χ0) is 24.5. The summed E-state index contributed by atoms with van der Waals surface area (Å²) in [5, 5.41) is 27.0. The van der Waals surface area contributed by atoms with Gasteiger partial charge in [-0.25, -0.2) is 0 Å². The number of dihydropyridines is 1. The Labute approximate surface area is 201 Å². The highest BCUT2D eigenvalue weighted by Crippen LogP contribution is 2.32. The lowest BCUT2D eigenvalue weighted by atomic mass is 9.88. The van der Waals surface area contributed by atoms with Crippen LogP contribution in [0.2, 0.25) is 0 Å². The smallest absolute Gasteiger partial charge is 0.208 e. The number of hydrogen-bond acceptors (Lipinski definition) is 8. The number of carbonyl (C=O) groups excluding carboxylic acids is 1. The average molecular weight is 466 g/mol. The number of benzene rings is 1. The van der Waals surface area contributed by atoms with E-state index in [0.29, 0.717) is 29.2 Å². The largest absolute Gasteiger partial charge is 0.497 e. The first kappa shape index (κ1) is 25.1. The second kappa shape index (κ2) is 12.1. The zero-order valence-electron chi connectivity index (χ0n) is 20.1. The summed E-state index contributed by atoms with van der Waals surface area (Å²) in [5.41, 5.74) is 1.44. The van der Waals surface area contributed by atoms with Gasteiger partial charge in [0.25, 0.3) is 0 Å². The second-order valence-electron chi connectivity index (χ2n) is 8.53. The van der Waals surface area contributed by atoms with Crippen molar-refractivity contribution < 1.29 is 14.3 Å². The Hall–Kier alpha value is -3.55. The Morgan fingerprint density at radius 1 is 1.15 bits per heavy atom. The highest BCUT2D eigenvalue weighted by atomic mass is 16.5. The number of Topliss-reactive ketones (excluding diaryl/α,β-unsaturated/α-hetero) is 1. The molecule has 2 atom stereocenters. The molecule has 5 N–H and O–H groups in total. The molecule has 1 fully saturated rings. The van der Waals surface area contributed by atoms with E-state index < -0.39 is 11.8 Å². The first-order valence-corrected chi connectivity index (χ1v) is 11.6. The third kappa shape index (κ3) is 6.27. The molecule has 34 heavy (non-hydrogen) atoms. The van der Waals surface area contributed by atoms with Gasteiger partial charge in [-0.3, -0.25) is 10.2 Å². The number of hydrogen-bond donors (Lipinski definition) is 5. The molecule has 0 aromatic heterocycles. The molecule has 0 bridgehead atoms. The lowest BCUT2D eigenvalue weighted by Crippen LogP contribution is -2.44. The number of carbonyl (C=O) groups is 1. The normalized spacial score (nSPS) is 18.7. The van der Waals surface area contributed by atoms with E-state index in [-0.39, 0.29) is 23.4 Å². The SMILES string of the molecule is CN/C=C(\C(=N)C(=O)C(Nc1cc(OC)cc(OC)c1)C(=N)CC1C=CC=CN1)C1CCCC1. The number of rotatable bonds is 12. The summed E-state index contributed by atoms with van der Waals surface area (Å²) in [6, 6.07) is 4.16. The molecule has 3 rings (SSSR count). The molecule has 1 aliphatic carbocycles. The van der Waals surface area contributed by atoms with Crippen molar-refractivity contribution in [1.29, 1.82) is 10.8 Å². The van der Waals surface area contributed by atoms with Crippen molar-refractivity contribution in [1.82, 2.24) is 10.6 Å². The van der Waals surface area contributed by atoms with E-state index >= 15 is 0 Å². The van der Waals surface area contributed by atoms with Gasteiger partial charge in [0.2, 0.25) is 5.78 Å². The van der Waals surface area contributed by atoms with Crippen LogP contribution in [0, 0.1) is 16.7 Å². The summed E-state index contributed by atoms with van der Waals surface area (Å²) < 4.78 is 10.7. The molecule has 1 aromatic carbocycles. The lowest BCUT2D eigenvalue weighted by Gasteiger charge is -2.25. The molecule has 0 saturated heterocycles. The molecule has 2 unspecified atom stereocenters. The molecule has 0 radical (unpaired) electrons. The third-order valence-electron chi connectivity index (χ3n) is 6.20. The maximum atomic E-state index is 13.7. The van der Waals surface area contributed by atoms with Gasteiger partial charge in [0, 0.05) is 55.3 Å². The highest BCUT2D eigenvalue weighted by Gasteiger charge is 2.33. The van der Waals surface area contributed by atoms with E-state index in [0.717, 1.165) is 25.7 Å². The Kier molecular flexibility index (Phi) is 8.90. The van der Waals surface area contributed by atoms with Gasteiger partial charge in [-0.05, 0) is 36.6 Å². The minimum Gasteiger partial charge on any atom is -0.497 e. The molecular formula is C26H35N5O3. The van der Waals surface area contributed by atoms with Gasteiger partial charge in [0.15, 0.2) is 0 Å². The van der Waals surface area contributed by atoms with Gasteiger partial charge in [-0.2, -0.15) is 0 Å². The first-order chi connectivity index (χ1) is 16.5. The molecule has 1 aromatic rings. The summed E-state index contributed by atoms with van der Waals surface area (Å²) in [6.45, 7) is 0.